The minimum Gasteiger partial charge on any atom is -0.737 e. The van der Waals surface area contributed by atoms with E-state index in [2.05, 4.69) is 5.28 Å². The number of carbonyl (C=O) groups is 1. The van der Waals surface area contributed by atoms with Crippen molar-refractivity contribution in [2.24, 2.45) is 5.28 Å². The van der Waals surface area contributed by atoms with Gasteiger partial charge in [0.1, 0.15) is 6.04 Å². The van der Waals surface area contributed by atoms with Crippen LogP contribution in [0.5, 0.6) is 0 Å². The van der Waals surface area contributed by atoms with Crippen molar-refractivity contribution >= 4 is 5.97 Å². The predicted octanol–water partition coefficient (Wildman–Crippen LogP) is -7.42. The molecular formula is C5H7N3Na2O4. The van der Waals surface area contributed by atoms with E-state index >= 15 is 0 Å². The van der Waals surface area contributed by atoms with Gasteiger partial charge >= 0.3 is 59.1 Å². The molecule has 1 rings (SSSR count). The smallest absolute Gasteiger partial charge is 0.737 e. The van der Waals surface area contributed by atoms with E-state index in [-0.39, 0.29) is 70.6 Å². The molecule has 0 radical (unpaired) electrons. The molecule has 0 aliphatic carbocycles. The summed E-state index contributed by atoms with van der Waals surface area (Å²) < 4.78 is 0. The Morgan fingerprint density at radius 3 is 2.50 bits per heavy atom. The number of carboxylic acid groups (broad SMARTS) is 1. The first-order valence-corrected chi connectivity index (χ1v) is 3.44. The molecule has 14 heavy (non-hydrogen) atoms. The number of carbonyl (C=O) groups excluding carboxylic acids is 1. The second kappa shape index (κ2) is 7.72. The third kappa shape index (κ3) is 3.92. The van der Waals surface area contributed by atoms with Gasteiger partial charge in [0.15, 0.2) is 0 Å². The van der Waals surface area contributed by atoms with Gasteiger partial charge in [0, 0.05) is 4.97 Å². The van der Waals surface area contributed by atoms with Crippen molar-refractivity contribution in [3.63, 3.8) is 0 Å². The Balaban J connectivity index is 0. The number of nitrogens with zero attached hydrogens (tertiary/aromatic N) is 3. The maximum atomic E-state index is 10.6. The monoisotopic (exact) mass is 219 g/mol. The fraction of sp³-hybridized carbons (Fsp3) is 0.800. The van der Waals surface area contributed by atoms with Gasteiger partial charge in [0.25, 0.3) is 0 Å². The summed E-state index contributed by atoms with van der Waals surface area (Å²) in [6.07, 6.45) is 0.865. The van der Waals surface area contributed by atoms with Gasteiger partial charge in [-0.25, -0.2) is 0 Å². The second-order valence-corrected chi connectivity index (χ2v) is 2.47. The fourth-order valence-corrected chi connectivity index (χ4v) is 1.24. The van der Waals surface area contributed by atoms with Gasteiger partial charge in [0.05, 0.1) is 12.5 Å². The molecule has 0 spiro atoms. The summed E-state index contributed by atoms with van der Waals surface area (Å²) in [7, 11) is 0. The summed E-state index contributed by atoms with van der Waals surface area (Å²) in [5.74, 6) is -1.35. The van der Waals surface area contributed by atoms with E-state index in [0.29, 0.717) is 12.8 Å². The SMILES string of the molecule is O=C([O-])C1CCCN1/[N+]([O-])=N/[O-].[Na+].[Na+]. The van der Waals surface area contributed by atoms with Gasteiger partial charge in [-0.2, -0.15) is 0 Å². The Hall–Kier alpha value is 0.470. The summed E-state index contributed by atoms with van der Waals surface area (Å²) >= 11 is 0. The predicted molar refractivity (Wildman–Crippen MR) is 34.2 cm³/mol. The van der Waals surface area contributed by atoms with Crippen molar-refractivity contribution in [1.82, 2.24) is 5.01 Å². The molecule has 7 nitrogen and oxygen atoms in total. The average Bonchev–Trinajstić information content (AvgIpc) is 2.50. The molecule has 1 fully saturated rings. The maximum Gasteiger partial charge on any atom is 1.00 e. The van der Waals surface area contributed by atoms with Crippen molar-refractivity contribution < 1.29 is 74.0 Å². The zero-order valence-electron chi connectivity index (χ0n) is 8.17. The summed E-state index contributed by atoms with van der Waals surface area (Å²) in [6, 6.07) is -1.01. The molecule has 0 aromatic carbocycles. The van der Waals surface area contributed by atoms with Gasteiger partial charge < -0.3 is 20.3 Å². The van der Waals surface area contributed by atoms with Gasteiger partial charge in [-0.3, -0.25) is 0 Å². The average molecular weight is 219 g/mol. The van der Waals surface area contributed by atoms with Crippen LogP contribution in [0.2, 0.25) is 0 Å². The Kier molecular flexibility index (Phi) is 9.31. The zero-order valence-corrected chi connectivity index (χ0v) is 12.2. The minimum atomic E-state index is -1.35. The first kappa shape index (κ1) is 16.9. The van der Waals surface area contributed by atoms with Crippen LogP contribution in [-0.2, 0) is 4.79 Å². The van der Waals surface area contributed by atoms with Gasteiger partial charge in [0.2, 0.25) is 0 Å². The van der Waals surface area contributed by atoms with E-state index < -0.39 is 12.0 Å². The van der Waals surface area contributed by atoms with Crippen molar-refractivity contribution in [2.75, 3.05) is 6.54 Å². The molecule has 0 bridgehead atoms. The Morgan fingerprint density at radius 1 is 1.50 bits per heavy atom. The van der Waals surface area contributed by atoms with Crippen molar-refractivity contribution in [2.45, 2.75) is 18.9 Å². The first-order valence-electron chi connectivity index (χ1n) is 3.44. The molecule has 0 N–H and O–H groups in total. The number of carboxylic acids is 1. The molecule has 0 amide bonds. The summed E-state index contributed by atoms with van der Waals surface area (Å²) in [5, 5.41) is 33.6. The number of hydrogen-bond donors (Lipinski definition) is 0. The first-order chi connectivity index (χ1) is 5.66. The molecule has 0 aromatic rings. The van der Waals surface area contributed by atoms with E-state index in [4.69, 9.17) is 0 Å². The second-order valence-electron chi connectivity index (χ2n) is 2.47. The number of rotatable bonds is 2. The van der Waals surface area contributed by atoms with E-state index in [0.717, 1.165) is 5.01 Å². The third-order valence-electron chi connectivity index (χ3n) is 1.79. The van der Waals surface area contributed by atoms with E-state index in [1.54, 1.807) is 0 Å². The number of hydrogen-bond acceptors (Lipinski definition) is 5. The van der Waals surface area contributed by atoms with E-state index in [9.17, 15) is 20.3 Å². The molecule has 1 aliphatic heterocycles. The number of hydrazine groups is 1. The third-order valence-corrected chi connectivity index (χ3v) is 1.79. The molecule has 9 heteroatoms. The quantitative estimate of drug-likeness (QED) is 0.198. The molecule has 1 saturated heterocycles. The molecule has 1 atom stereocenters. The maximum absolute atomic E-state index is 10.6. The van der Waals surface area contributed by atoms with Crippen LogP contribution in [0, 0.1) is 10.4 Å². The van der Waals surface area contributed by atoms with Crippen LogP contribution >= 0.6 is 0 Å². The van der Waals surface area contributed by atoms with Crippen molar-refractivity contribution in [1.29, 1.82) is 0 Å². The summed E-state index contributed by atoms with van der Waals surface area (Å²) in [4.78, 5) is 10.1. The molecule has 0 aromatic heterocycles. The molecule has 0 saturated carbocycles. The van der Waals surface area contributed by atoms with Crippen LogP contribution in [0.1, 0.15) is 12.8 Å². The van der Waals surface area contributed by atoms with Crippen LogP contribution in [-0.4, -0.2) is 28.5 Å². The minimum absolute atomic E-state index is 0. The van der Waals surface area contributed by atoms with Crippen LogP contribution < -0.4 is 64.2 Å². The van der Waals surface area contributed by atoms with Crippen LogP contribution in [0.25, 0.3) is 0 Å². The van der Waals surface area contributed by atoms with Gasteiger partial charge in [-0.05, 0) is 18.1 Å². The van der Waals surface area contributed by atoms with E-state index in [1.807, 2.05) is 0 Å². The molecule has 1 heterocycles. The van der Waals surface area contributed by atoms with Crippen LogP contribution in [0.15, 0.2) is 5.28 Å². The van der Waals surface area contributed by atoms with Gasteiger partial charge in [-0.15, -0.1) is 5.01 Å². The van der Waals surface area contributed by atoms with Crippen molar-refractivity contribution in [3.05, 3.63) is 10.4 Å². The Morgan fingerprint density at radius 2 is 2.07 bits per heavy atom. The summed E-state index contributed by atoms with van der Waals surface area (Å²) in [5.41, 5.74) is 0. The molecule has 1 aliphatic rings. The van der Waals surface area contributed by atoms with E-state index in [1.165, 1.54) is 0 Å². The normalized spacial score (nSPS) is 21.0. The van der Waals surface area contributed by atoms with Gasteiger partial charge in [-0.1, -0.05) is 0 Å². The molecular weight excluding hydrogens is 212 g/mol. The topological polar surface area (TPSA) is 105 Å². The standard InChI is InChI=1S/C5H9N3O4.2Na/c9-5(10)4-2-1-3-7(4)8(12)6-11;;/h4,11H,1-3H2,(H,9,10);;/q;2*+1/p-2/b8-6-;;. The van der Waals surface area contributed by atoms with Crippen LogP contribution in [0.3, 0.4) is 0 Å². The van der Waals surface area contributed by atoms with Crippen LogP contribution in [0.4, 0.5) is 0 Å². The summed E-state index contributed by atoms with van der Waals surface area (Å²) in [6.45, 7) is 0.230. The van der Waals surface area contributed by atoms with Crippen molar-refractivity contribution in [3.8, 4) is 0 Å². The number of aliphatic carboxylic acids is 1. The fourth-order valence-electron chi connectivity index (χ4n) is 1.24. The molecule has 1 unspecified atom stereocenters. The Labute approximate surface area is 125 Å². The molecule has 68 valence electrons. The zero-order chi connectivity index (χ0) is 9.14. The largest absolute Gasteiger partial charge is 1.00 e. The Bertz CT molecular complexity index is 225.